The molecule has 1 aromatic rings. The second-order valence-electron chi connectivity index (χ2n) is 5.19. The standard InChI is InChI=1S/C14H19NO3S/c1-9(12-5-6-19-8-12)15-13(16)10-3-2-4-11(7-10)14(17)18/h5-6,8-11H,2-4,7H2,1H3,(H,15,16)(H,17,18). The molecule has 1 amide bonds. The molecule has 19 heavy (non-hydrogen) atoms. The second kappa shape index (κ2) is 6.19. The van der Waals surface area contributed by atoms with E-state index in [1.54, 1.807) is 11.3 Å². The van der Waals surface area contributed by atoms with E-state index < -0.39 is 5.97 Å². The first-order chi connectivity index (χ1) is 9.08. The number of thiophene rings is 1. The van der Waals surface area contributed by atoms with Gasteiger partial charge in [-0.1, -0.05) is 6.42 Å². The van der Waals surface area contributed by atoms with E-state index in [4.69, 9.17) is 5.11 Å². The van der Waals surface area contributed by atoms with Crippen molar-refractivity contribution in [3.63, 3.8) is 0 Å². The molecule has 3 atom stereocenters. The van der Waals surface area contributed by atoms with Crippen LogP contribution in [-0.4, -0.2) is 17.0 Å². The maximum absolute atomic E-state index is 12.2. The molecule has 2 N–H and O–H groups in total. The maximum atomic E-state index is 12.2. The number of hydrogen-bond acceptors (Lipinski definition) is 3. The second-order valence-corrected chi connectivity index (χ2v) is 5.97. The van der Waals surface area contributed by atoms with Gasteiger partial charge in [0.2, 0.25) is 5.91 Å². The van der Waals surface area contributed by atoms with Crippen LogP contribution in [0.2, 0.25) is 0 Å². The Labute approximate surface area is 116 Å². The highest BCUT2D eigenvalue weighted by atomic mass is 32.1. The summed E-state index contributed by atoms with van der Waals surface area (Å²) in [6, 6.07) is 1.99. The molecule has 0 aromatic carbocycles. The highest BCUT2D eigenvalue weighted by molar-refractivity contribution is 7.07. The molecule has 1 aromatic heterocycles. The minimum atomic E-state index is -0.775. The van der Waals surface area contributed by atoms with Gasteiger partial charge in [-0.25, -0.2) is 0 Å². The van der Waals surface area contributed by atoms with Crippen molar-refractivity contribution in [2.45, 2.75) is 38.6 Å². The lowest BCUT2D eigenvalue weighted by Gasteiger charge is -2.27. The lowest BCUT2D eigenvalue weighted by atomic mass is 9.81. The van der Waals surface area contributed by atoms with Gasteiger partial charge >= 0.3 is 5.97 Å². The SMILES string of the molecule is CC(NC(=O)C1CCCC(C(=O)O)C1)c1ccsc1. The van der Waals surface area contributed by atoms with Gasteiger partial charge in [0.1, 0.15) is 0 Å². The summed E-state index contributed by atoms with van der Waals surface area (Å²) < 4.78 is 0. The van der Waals surface area contributed by atoms with Gasteiger partial charge in [0.15, 0.2) is 0 Å². The average Bonchev–Trinajstić information content (AvgIpc) is 2.92. The van der Waals surface area contributed by atoms with Crippen molar-refractivity contribution in [2.75, 3.05) is 0 Å². The summed E-state index contributed by atoms with van der Waals surface area (Å²) in [5, 5.41) is 16.0. The van der Waals surface area contributed by atoms with Crippen LogP contribution in [-0.2, 0) is 9.59 Å². The summed E-state index contributed by atoms with van der Waals surface area (Å²) in [5.74, 6) is -1.30. The van der Waals surface area contributed by atoms with Crippen LogP contribution in [0, 0.1) is 11.8 Å². The molecule has 1 aliphatic rings. The summed E-state index contributed by atoms with van der Waals surface area (Å²) in [7, 11) is 0. The van der Waals surface area contributed by atoms with Gasteiger partial charge in [0, 0.05) is 5.92 Å². The molecular formula is C14H19NO3S. The highest BCUT2D eigenvalue weighted by Gasteiger charge is 2.31. The average molecular weight is 281 g/mol. The van der Waals surface area contributed by atoms with Gasteiger partial charge in [-0.15, -0.1) is 0 Å². The Morgan fingerprint density at radius 1 is 1.42 bits per heavy atom. The third-order valence-corrected chi connectivity index (χ3v) is 4.50. The number of carboxylic acids is 1. The van der Waals surface area contributed by atoms with Crippen LogP contribution in [0.4, 0.5) is 0 Å². The van der Waals surface area contributed by atoms with Crippen LogP contribution >= 0.6 is 11.3 Å². The molecule has 3 unspecified atom stereocenters. The number of carboxylic acid groups (broad SMARTS) is 1. The summed E-state index contributed by atoms with van der Waals surface area (Å²) in [4.78, 5) is 23.2. The van der Waals surface area contributed by atoms with E-state index in [0.717, 1.165) is 18.4 Å². The van der Waals surface area contributed by atoms with E-state index in [9.17, 15) is 9.59 Å². The first kappa shape index (κ1) is 14.1. The van der Waals surface area contributed by atoms with Gasteiger partial charge in [-0.2, -0.15) is 11.3 Å². The molecule has 0 radical (unpaired) electrons. The molecule has 0 saturated heterocycles. The minimum absolute atomic E-state index is 0.00958. The van der Waals surface area contributed by atoms with Crippen LogP contribution in [0.3, 0.4) is 0 Å². The fraction of sp³-hybridized carbons (Fsp3) is 0.571. The molecule has 1 fully saturated rings. The topological polar surface area (TPSA) is 66.4 Å². The Hall–Kier alpha value is -1.36. The van der Waals surface area contributed by atoms with E-state index in [1.165, 1.54) is 0 Å². The van der Waals surface area contributed by atoms with E-state index in [2.05, 4.69) is 5.32 Å². The zero-order valence-electron chi connectivity index (χ0n) is 11.0. The fourth-order valence-corrected chi connectivity index (χ4v) is 3.34. The number of rotatable bonds is 4. The molecule has 104 valence electrons. The monoisotopic (exact) mass is 281 g/mol. The van der Waals surface area contributed by atoms with Gasteiger partial charge in [0.25, 0.3) is 0 Å². The molecule has 1 aliphatic carbocycles. The molecule has 5 heteroatoms. The lowest BCUT2D eigenvalue weighted by Crippen LogP contribution is -2.36. The molecule has 2 rings (SSSR count). The first-order valence-corrected chi connectivity index (χ1v) is 7.57. The molecule has 1 saturated carbocycles. The normalized spacial score (nSPS) is 24.7. The summed E-state index contributed by atoms with van der Waals surface area (Å²) in [5.41, 5.74) is 1.10. The summed E-state index contributed by atoms with van der Waals surface area (Å²) in [6.45, 7) is 1.96. The Bertz CT molecular complexity index is 444. The zero-order chi connectivity index (χ0) is 13.8. The number of carbonyl (C=O) groups is 2. The Kier molecular flexibility index (Phi) is 4.58. The molecule has 4 nitrogen and oxygen atoms in total. The van der Waals surface area contributed by atoms with Crippen molar-refractivity contribution < 1.29 is 14.7 Å². The van der Waals surface area contributed by atoms with Gasteiger partial charge in [-0.05, 0) is 48.6 Å². The van der Waals surface area contributed by atoms with Crippen molar-refractivity contribution in [2.24, 2.45) is 11.8 Å². The number of aliphatic carboxylic acids is 1. The largest absolute Gasteiger partial charge is 0.481 e. The lowest BCUT2D eigenvalue weighted by molar-refractivity contribution is -0.144. The number of carbonyl (C=O) groups excluding carboxylic acids is 1. The van der Waals surface area contributed by atoms with Crippen molar-refractivity contribution in [1.82, 2.24) is 5.32 Å². The number of amides is 1. The molecule has 0 spiro atoms. The predicted molar refractivity (Wildman–Crippen MR) is 74.0 cm³/mol. The molecular weight excluding hydrogens is 262 g/mol. The quantitative estimate of drug-likeness (QED) is 0.891. The van der Waals surface area contributed by atoms with Crippen molar-refractivity contribution in [1.29, 1.82) is 0 Å². The number of hydrogen-bond donors (Lipinski definition) is 2. The first-order valence-electron chi connectivity index (χ1n) is 6.63. The Morgan fingerprint density at radius 2 is 2.16 bits per heavy atom. The smallest absolute Gasteiger partial charge is 0.306 e. The van der Waals surface area contributed by atoms with Gasteiger partial charge < -0.3 is 10.4 Å². The third-order valence-electron chi connectivity index (χ3n) is 3.80. The van der Waals surface area contributed by atoms with E-state index >= 15 is 0 Å². The van der Waals surface area contributed by atoms with E-state index in [-0.39, 0.29) is 23.8 Å². The Balaban J connectivity index is 1.91. The zero-order valence-corrected chi connectivity index (χ0v) is 11.8. The third kappa shape index (κ3) is 3.56. The van der Waals surface area contributed by atoms with Gasteiger partial charge in [-0.3, -0.25) is 9.59 Å². The number of nitrogens with one attached hydrogen (secondary N) is 1. The molecule has 0 bridgehead atoms. The highest BCUT2D eigenvalue weighted by Crippen LogP contribution is 2.30. The fourth-order valence-electron chi connectivity index (χ4n) is 2.59. The minimum Gasteiger partial charge on any atom is -0.481 e. The molecule has 0 aliphatic heterocycles. The van der Waals surface area contributed by atoms with Crippen LogP contribution in [0.25, 0.3) is 0 Å². The van der Waals surface area contributed by atoms with Crippen molar-refractivity contribution in [3.05, 3.63) is 22.4 Å². The van der Waals surface area contributed by atoms with Gasteiger partial charge in [0.05, 0.1) is 12.0 Å². The van der Waals surface area contributed by atoms with E-state index in [1.807, 2.05) is 23.8 Å². The van der Waals surface area contributed by atoms with Crippen LogP contribution in [0.1, 0.15) is 44.2 Å². The molecule has 1 heterocycles. The van der Waals surface area contributed by atoms with E-state index in [0.29, 0.717) is 12.8 Å². The predicted octanol–water partition coefficient (Wildman–Crippen LogP) is 2.82. The summed E-state index contributed by atoms with van der Waals surface area (Å²) in [6.07, 6.45) is 2.78. The van der Waals surface area contributed by atoms with Crippen molar-refractivity contribution in [3.8, 4) is 0 Å². The summed E-state index contributed by atoms with van der Waals surface area (Å²) >= 11 is 1.61. The van der Waals surface area contributed by atoms with Crippen LogP contribution in [0.15, 0.2) is 16.8 Å². The maximum Gasteiger partial charge on any atom is 0.306 e. The van der Waals surface area contributed by atoms with Crippen LogP contribution in [0.5, 0.6) is 0 Å². The van der Waals surface area contributed by atoms with Crippen molar-refractivity contribution >= 4 is 23.2 Å². The Morgan fingerprint density at radius 3 is 2.79 bits per heavy atom. The van der Waals surface area contributed by atoms with Crippen LogP contribution < -0.4 is 5.32 Å².